The standard InChI is InChI=1S/C20H22BrNO6S/c1-26-17-10-13-8-9-22(29(24,25)19-7-5-4-6-15(19)21)16(12-20(23)28-3)14(13)11-18(17)27-2/h4-7,10-11,16H,8-9,12H2,1-3H3/t16-/m0/s1. The highest BCUT2D eigenvalue weighted by molar-refractivity contribution is 9.10. The highest BCUT2D eigenvalue weighted by Gasteiger charge is 2.39. The molecule has 0 aliphatic carbocycles. The van der Waals surface area contributed by atoms with Crippen LogP contribution in [-0.4, -0.2) is 46.6 Å². The van der Waals surface area contributed by atoms with Crippen LogP contribution < -0.4 is 9.47 Å². The van der Waals surface area contributed by atoms with E-state index in [2.05, 4.69) is 15.9 Å². The molecule has 0 radical (unpaired) electrons. The molecule has 1 aliphatic heterocycles. The monoisotopic (exact) mass is 483 g/mol. The molecule has 0 saturated carbocycles. The van der Waals surface area contributed by atoms with E-state index in [-0.39, 0.29) is 17.9 Å². The van der Waals surface area contributed by atoms with Crippen molar-refractivity contribution >= 4 is 31.9 Å². The molecule has 9 heteroatoms. The third kappa shape index (κ3) is 4.12. The van der Waals surface area contributed by atoms with Crippen LogP contribution in [0.5, 0.6) is 11.5 Å². The van der Waals surface area contributed by atoms with Gasteiger partial charge in [0.05, 0.1) is 38.7 Å². The summed E-state index contributed by atoms with van der Waals surface area (Å²) in [5.74, 6) is 0.538. The largest absolute Gasteiger partial charge is 0.493 e. The Labute approximate surface area is 178 Å². The molecule has 29 heavy (non-hydrogen) atoms. The van der Waals surface area contributed by atoms with Crippen molar-refractivity contribution in [2.45, 2.75) is 23.8 Å². The third-order valence-corrected chi connectivity index (χ3v) is 7.88. The minimum Gasteiger partial charge on any atom is -0.493 e. The first-order chi connectivity index (χ1) is 13.8. The number of esters is 1. The van der Waals surface area contributed by atoms with E-state index in [4.69, 9.17) is 14.2 Å². The highest BCUT2D eigenvalue weighted by Crippen LogP contribution is 2.42. The maximum atomic E-state index is 13.5. The molecule has 0 fully saturated rings. The zero-order valence-corrected chi connectivity index (χ0v) is 18.7. The highest BCUT2D eigenvalue weighted by atomic mass is 79.9. The molecule has 1 atom stereocenters. The van der Waals surface area contributed by atoms with Gasteiger partial charge in [-0.1, -0.05) is 12.1 Å². The summed E-state index contributed by atoms with van der Waals surface area (Å²) in [7, 11) is 0.474. The number of sulfonamides is 1. The first kappa shape index (κ1) is 21.6. The number of benzene rings is 2. The van der Waals surface area contributed by atoms with Crippen molar-refractivity contribution in [3.05, 3.63) is 52.0 Å². The SMILES string of the molecule is COC(=O)C[C@H]1c2cc(OC)c(OC)cc2CCN1S(=O)(=O)c1ccccc1Br. The van der Waals surface area contributed by atoms with Crippen LogP contribution in [0.4, 0.5) is 0 Å². The van der Waals surface area contributed by atoms with Gasteiger partial charge in [-0.2, -0.15) is 4.31 Å². The number of rotatable bonds is 6. The summed E-state index contributed by atoms with van der Waals surface area (Å²) in [5, 5.41) is 0. The smallest absolute Gasteiger partial charge is 0.307 e. The number of methoxy groups -OCH3 is 3. The molecule has 0 saturated heterocycles. The van der Waals surface area contributed by atoms with E-state index >= 15 is 0 Å². The van der Waals surface area contributed by atoms with Crippen LogP contribution in [0.2, 0.25) is 0 Å². The first-order valence-electron chi connectivity index (χ1n) is 8.91. The molecule has 1 aliphatic rings. The topological polar surface area (TPSA) is 82.1 Å². The Bertz CT molecular complexity index is 1020. The van der Waals surface area contributed by atoms with Gasteiger partial charge in [-0.25, -0.2) is 8.42 Å². The van der Waals surface area contributed by atoms with Crippen LogP contribution >= 0.6 is 15.9 Å². The number of carbonyl (C=O) groups excluding carboxylic acids is 1. The van der Waals surface area contributed by atoms with Gasteiger partial charge in [0, 0.05) is 11.0 Å². The summed E-state index contributed by atoms with van der Waals surface area (Å²) < 4.78 is 44.3. The fraction of sp³-hybridized carbons (Fsp3) is 0.350. The fourth-order valence-corrected chi connectivity index (χ4v) is 6.10. The van der Waals surface area contributed by atoms with E-state index in [1.54, 1.807) is 37.4 Å². The fourth-order valence-electron chi connectivity index (χ4n) is 3.53. The number of hydrogen-bond acceptors (Lipinski definition) is 6. The Balaban J connectivity index is 2.14. The summed E-state index contributed by atoms with van der Waals surface area (Å²) >= 11 is 3.32. The molecule has 7 nitrogen and oxygen atoms in total. The van der Waals surface area contributed by atoms with Crippen molar-refractivity contribution in [2.24, 2.45) is 0 Å². The summed E-state index contributed by atoms with van der Waals surface area (Å²) in [6.07, 6.45) is 0.375. The lowest BCUT2D eigenvalue weighted by molar-refractivity contribution is -0.141. The zero-order chi connectivity index (χ0) is 21.2. The van der Waals surface area contributed by atoms with Gasteiger partial charge in [-0.05, 0) is 57.7 Å². The Morgan fingerprint density at radius 1 is 1.14 bits per heavy atom. The van der Waals surface area contributed by atoms with Gasteiger partial charge in [0.2, 0.25) is 10.0 Å². The van der Waals surface area contributed by atoms with E-state index in [1.807, 2.05) is 6.07 Å². The molecule has 3 rings (SSSR count). The Kier molecular flexibility index (Phi) is 6.50. The lowest BCUT2D eigenvalue weighted by Gasteiger charge is -2.36. The normalized spacial score (nSPS) is 16.8. The molecule has 2 aromatic carbocycles. The molecule has 1 heterocycles. The first-order valence-corrected chi connectivity index (χ1v) is 11.1. The van der Waals surface area contributed by atoms with E-state index in [0.29, 0.717) is 28.0 Å². The second kappa shape index (κ2) is 8.73. The lowest BCUT2D eigenvalue weighted by atomic mass is 9.91. The number of nitrogens with zero attached hydrogens (tertiary/aromatic N) is 1. The molecule has 156 valence electrons. The van der Waals surface area contributed by atoms with E-state index in [1.165, 1.54) is 18.5 Å². The zero-order valence-electron chi connectivity index (χ0n) is 16.3. The van der Waals surface area contributed by atoms with Gasteiger partial charge in [0.1, 0.15) is 0 Å². The van der Waals surface area contributed by atoms with Crippen LogP contribution in [0.3, 0.4) is 0 Å². The molecule has 0 bridgehead atoms. The van der Waals surface area contributed by atoms with Crippen LogP contribution in [0.1, 0.15) is 23.6 Å². The van der Waals surface area contributed by atoms with Gasteiger partial charge < -0.3 is 14.2 Å². The molecular weight excluding hydrogens is 462 g/mol. The van der Waals surface area contributed by atoms with Crippen molar-refractivity contribution < 1.29 is 27.4 Å². The maximum Gasteiger partial charge on any atom is 0.307 e. The predicted octanol–water partition coefficient (Wildman–Crippen LogP) is 3.32. The summed E-state index contributed by atoms with van der Waals surface area (Å²) in [6, 6.07) is 9.48. The molecule has 0 N–H and O–H groups in total. The maximum absolute atomic E-state index is 13.5. The van der Waals surface area contributed by atoms with Gasteiger partial charge in [-0.3, -0.25) is 4.79 Å². The van der Waals surface area contributed by atoms with Gasteiger partial charge in [-0.15, -0.1) is 0 Å². The van der Waals surface area contributed by atoms with E-state index in [9.17, 15) is 13.2 Å². The van der Waals surface area contributed by atoms with Crippen molar-refractivity contribution in [3.63, 3.8) is 0 Å². The summed E-state index contributed by atoms with van der Waals surface area (Å²) in [4.78, 5) is 12.3. The number of hydrogen-bond donors (Lipinski definition) is 0. The second-order valence-electron chi connectivity index (χ2n) is 6.50. The number of ether oxygens (including phenoxy) is 3. The van der Waals surface area contributed by atoms with Crippen LogP contribution in [0.15, 0.2) is 45.8 Å². The van der Waals surface area contributed by atoms with Crippen LogP contribution in [0.25, 0.3) is 0 Å². The quantitative estimate of drug-likeness (QED) is 0.586. The second-order valence-corrected chi connectivity index (χ2v) is 9.21. The van der Waals surface area contributed by atoms with Crippen molar-refractivity contribution in [1.82, 2.24) is 4.31 Å². The van der Waals surface area contributed by atoms with Gasteiger partial charge in [0.25, 0.3) is 0 Å². The average Bonchev–Trinajstić information content (AvgIpc) is 2.72. The van der Waals surface area contributed by atoms with Crippen molar-refractivity contribution in [3.8, 4) is 11.5 Å². The molecule has 0 amide bonds. The minimum atomic E-state index is -3.87. The summed E-state index contributed by atoms with van der Waals surface area (Å²) in [5.41, 5.74) is 1.62. The Hall–Kier alpha value is -2.10. The number of carbonyl (C=O) groups is 1. The molecule has 0 spiro atoms. The third-order valence-electron chi connectivity index (χ3n) is 4.96. The molecular formula is C20H22BrNO6S. The molecule has 0 unspecified atom stereocenters. The van der Waals surface area contributed by atoms with Crippen molar-refractivity contribution in [2.75, 3.05) is 27.9 Å². The molecule has 0 aromatic heterocycles. The summed E-state index contributed by atoms with van der Waals surface area (Å²) in [6.45, 7) is 0.230. The van der Waals surface area contributed by atoms with E-state index in [0.717, 1.165) is 5.56 Å². The van der Waals surface area contributed by atoms with Gasteiger partial charge in [0.15, 0.2) is 11.5 Å². The van der Waals surface area contributed by atoms with Crippen molar-refractivity contribution in [1.29, 1.82) is 0 Å². The predicted molar refractivity (Wildman–Crippen MR) is 111 cm³/mol. The van der Waals surface area contributed by atoms with Gasteiger partial charge >= 0.3 is 5.97 Å². The van der Waals surface area contributed by atoms with Crippen LogP contribution in [-0.2, 0) is 26.0 Å². The number of fused-ring (bicyclic) bond motifs is 1. The average molecular weight is 484 g/mol. The minimum absolute atomic E-state index is 0.108. The number of halogens is 1. The van der Waals surface area contributed by atoms with E-state index < -0.39 is 22.0 Å². The molecule has 2 aromatic rings. The Morgan fingerprint density at radius 2 is 1.79 bits per heavy atom. The Morgan fingerprint density at radius 3 is 2.41 bits per heavy atom. The lowest BCUT2D eigenvalue weighted by Crippen LogP contribution is -2.41. The van der Waals surface area contributed by atoms with Crippen LogP contribution in [0, 0.1) is 0 Å².